The van der Waals surface area contributed by atoms with Crippen LogP contribution >= 0.6 is 0 Å². The quantitative estimate of drug-likeness (QED) is 0.790. The first-order valence-electron chi connectivity index (χ1n) is 5.35. The lowest BCUT2D eigenvalue weighted by Gasteiger charge is -2.17. The Morgan fingerprint density at radius 1 is 1.50 bits per heavy atom. The fraction of sp³-hybridized carbons (Fsp3) is 0.308. The van der Waals surface area contributed by atoms with Crippen LogP contribution in [0, 0.1) is 0 Å². The zero-order chi connectivity index (χ0) is 11.5. The van der Waals surface area contributed by atoms with Crippen molar-refractivity contribution >= 4 is 11.6 Å². The van der Waals surface area contributed by atoms with Crippen LogP contribution in [0.2, 0.25) is 0 Å². The summed E-state index contributed by atoms with van der Waals surface area (Å²) < 4.78 is 5.55. The molecule has 0 fully saturated rings. The van der Waals surface area contributed by atoms with Crippen molar-refractivity contribution in [3.8, 4) is 5.75 Å². The molecule has 0 aliphatic carbocycles. The molecule has 0 atom stereocenters. The molecule has 3 nitrogen and oxygen atoms in total. The SMILES string of the molecule is C=C(C)COc1ccc2c(c1)CCC(=O)N2. The summed E-state index contributed by atoms with van der Waals surface area (Å²) >= 11 is 0. The van der Waals surface area contributed by atoms with E-state index in [1.165, 1.54) is 0 Å². The molecule has 3 heteroatoms. The number of nitrogens with one attached hydrogen (secondary N) is 1. The molecule has 0 saturated heterocycles. The molecule has 1 aromatic rings. The maximum Gasteiger partial charge on any atom is 0.224 e. The van der Waals surface area contributed by atoms with Crippen LogP contribution < -0.4 is 10.1 Å². The van der Waals surface area contributed by atoms with Crippen LogP contribution in [0.1, 0.15) is 18.9 Å². The second kappa shape index (κ2) is 4.39. The van der Waals surface area contributed by atoms with Gasteiger partial charge in [-0.2, -0.15) is 0 Å². The topological polar surface area (TPSA) is 38.3 Å². The van der Waals surface area contributed by atoms with E-state index in [-0.39, 0.29) is 5.91 Å². The Morgan fingerprint density at radius 2 is 2.31 bits per heavy atom. The normalized spacial score (nSPS) is 13.9. The van der Waals surface area contributed by atoms with Crippen molar-refractivity contribution in [2.75, 3.05) is 11.9 Å². The van der Waals surface area contributed by atoms with E-state index in [1.54, 1.807) is 0 Å². The standard InChI is InChI=1S/C13H15NO2/c1-9(2)8-16-11-4-5-12-10(7-11)3-6-13(15)14-12/h4-5,7H,1,3,6,8H2,2H3,(H,14,15). The summed E-state index contributed by atoms with van der Waals surface area (Å²) in [6, 6.07) is 5.74. The average Bonchev–Trinajstić information content (AvgIpc) is 2.26. The maximum atomic E-state index is 11.2. The second-order valence-corrected chi connectivity index (χ2v) is 4.11. The maximum absolute atomic E-state index is 11.2. The van der Waals surface area contributed by atoms with E-state index in [0.29, 0.717) is 13.0 Å². The average molecular weight is 217 g/mol. The van der Waals surface area contributed by atoms with Gasteiger partial charge in [-0.05, 0) is 42.7 Å². The van der Waals surface area contributed by atoms with E-state index in [0.717, 1.165) is 29.0 Å². The summed E-state index contributed by atoms with van der Waals surface area (Å²) in [4.78, 5) is 11.2. The molecule has 16 heavy (non-hydrogen) atoms. The molecule has 0 spiro atoms. The van der Waals surface area contributed by atoms with Gasteiger partial charge in [0.1, 0.15) is 12.4 Å². The van der Waals surface area contributed by atoms with Crippen molar-refractivity contribution < 1.29 is 9.53 Å². The number of hydrogen-bond acceptors (Lipinski definition) is 2. The molecule has 1 heterocycles. The number of aryl methyl sites for hydroxylation is 1. The molecule has 0 aromatic heterocycles. The van der Waals surface area contributed by atoms with Gasteiger partial charge in [0, 0.05) is 12.1 Å². The highest BCUT2D eigenvalue weighted by Gasteiger charge is 2.14. The molecule has 0 unspecified atom stereocenters. The number of rotatable bonds is 3. The highest BCUT2D eigenvalue weighted by atomic mass is 16.5. The van der Waals surface area contributed by atoms with Crippen LogP contribution in [0.4, 0.5) is 5.69 Å². The van der Waals surface area contributed by atoms with E-state index in [9.17, 15) is 4.79 Å². The molecular formula is C13H15NO2. The van der Waals surface area contributed by atoms with Crippen LogP contribution in [-0.4, -0.2) is 12.5 Å². The van der Waals surface area contributed by atoms with Crippen LogP contribution in [0.5, 0.6) is 5.75 Å². The van der Waals surface area contributed by atoms with Crippen molar-refractivity contribution in [3.05, 3.63) is 35.9 Å². The number of fused-ring (bicyclic) bond motifs is 1. The minimum Gasteiger partial charge on any atom is -0.489 e. The van der Waals surface area contributed by atoms with E-state index in [2.05, 4.69) is 11.9 Å². The Balaban J connectivity index is 2.13. The fourth-order valence-corrected chi connectivity index (χ4v) is 1.66. The monoisotopic (exact) mass is 217 g/mol. The van der Waals surface area contributed by atoms with Gasteiger partial charge >= 0.3 is 0 Å². The van der Waals surface area contributed by atoms with Gasteiger partial charge in [0.2, 0.25) is 5.91 Å². The molecular weight excluding hydrogens is 202 g/mol. The predicted octanol–water partition coefficient (Wildman–Crippen LogP) is 2.53. The Morgan fingerprint density at radius 3 is 3.06 bits per heavy atom. The molecule has 1 aliphatic rings. The lowest BCUT2D eigenvalue weighted by atomic mass is 10.0. The summed E-state index contributed by atoms with van der Waals surface area (Å²) in [6.45, 7) is 6.25. The Bertz CT molecular complexity index is 438. The van der Waals surface area contributed by atoms with Crippen molar-refractivity contribution in [2.24, 2.45) is 0 Å². The molecule has 2 rings (SSSR count). The number of benzene rings is 1. The van der Waals surface area contributed by atoms with Gasteiger partial charge in [-0.1, -0.05) is 6.58 Å². The van der Waals surface area contributed by atoms with E-state index < -0.39 is 0 Å². The van der Waals surface area contributed by atoms with Crippen LogP contribution in [0.15, 0.2) is 30.4 Å². The fourth-order valence-electron chi connectivity index (χ4n) is 1.66. The Hall–Kier alpha value is -1.77. The van der Waals surface area contributed by atoms with E-state index >= 15 is 0 Å². The van der Waals surface area contributed by atoms with Crippen molar-refractivity contribution in [2.45, 2.75) is 19.8 Å². The molecule has 0 radical (unpaired) electrons. The Labute approximate surface area is 95.1 Å². The minimum atomic E-state index is 0.0862. The van der Waals surface area contributed by atoms with Gasteiger partial charge in [0.15, 0.2) is 0 Å². The molecule has 1 aromatic carbocycles. The van der Waals surface area contributed by atoms with Gasteiger partial charge in [0.25, 0.3) is 0 Å². The molecule has 1 amide bonds. The van der Waals surface area contributed by atoms with Gasteiger partial charge in [0.05, 0.1) is 0 Å². The van der Waals surface area contributed by atoms with Crippen LogP contribution in [-0.2, 0) is 11.2 Å². The number of carbonyl (C=O) groups is 1. The lowest BCUT2D eigenvalue weighted by Crippen LogP contribution is -2.18. The first-order valence-corrected chi connectivity index (χ1v) is 5.35. The second-order valence-electron chi connectivity index (χ2n) is 4.11. The third kappa shape index (κ3) is 2.42. The lowest BCUT2D eigenvalue weighted by molar-refractivity contribution is -0.116. The van der Waals surface area contributed by atoms with Gasteiger partial charge in [-0.3, -0.25) is 4.79 Å². The molecule has 1 N–H and O–H groups in total. The molecule has 0 bridgehead atoms. The van der Waals surface area contributed by atoms with Crippen molar-refractivity contribution in [3.63, 3.8) is 0 Å². The number of anilines is 1. The predicted molar refractivity (Wildman–Crippen MR) is 63.7 cm³/mol. The molecule has 84 valence electrons. The van der Waals surface area contributed by atoms with E-state index in [4.69, 9.17) is 4.74 Å². The van der Waals surface area contributed by atoms with Crippen LogP contribution in [0.3, 0.4) is 0 Å². The third-order valence-corrected chi connectivity index (χ3v) is 2.46. The third-order valence-electron chi connectivity index (χ3n) is 2.46. The molecule has 0 saturated carbocycles. The number of amides is 1. The zero-order valence-corrected chi connectivity index (χ0v) is 9.38. The number of ether oxygens (including phenoxy) is 1. The van der Waals surface area contributed by atoms with Gasteiger partial charge in [-0.15, -0.1) is 0 Å². The smallest absolute Gasteiger partial charge is 0.224 e. The van der Waals surface area contributed by atoms with Crippen molar-refractivity contribution in [1.82, 2.24) is 0 Å². The summed E-state index contributed by atoms with van der Waals surface area (Å²) in [5, 5.41) is 2.84. The largest absolute Gasteiger partial charge is 0.489 e. The van der Waals surface area contributed by atoms with Gasteiger partial charge < -0.3 is 10.1 Å². The van der Waals surface area contributed by atoms with Crippen molar-refractivity contribution in [1.29, 1.82) is 0 Å². The summed E-state index contributed by atoms with van der Waals surface area (Å²) in [6.07, 6.45) is 1.34. The zero-order valence-electron chi connectivity index (χ0n) is 9.38. The summed E-state index contributed by atoms with van der Waals surface area (Å²) in [7, 11) is 0. The minimum absolute atomic E-state index is 0.0862. The number of hydrogen-bond donors (Lipinski definition) is 1. The first-order chi connectivity index (χ1) is 7.65. The molecule has 1 aliphatic heterocycles. The number of carbonyl (C=O) groups excluding carboxylic acids is 1. The van der Waals surface area contributed by atoms with Crippen LogP contribution in [0.25, 0.3) is 0 Å². The summed E-state index contributed by atoms with van der Waals surface area (Å²) in [5.74, 6) is 0.918. The highest BCUT2D eigenvalue weighted by molar-refractivity contribution is 5.93. The highest BCUT2D eigenvalue weighted by Crippen LogP contribution is 2.26. The van der Waals surface area contributed by atoms with Gasteiger partial charge in [-0.25, -0.2) is 0 Å². The van der Waals surface area contributed by atoms with E-state index in [1.807, 2.05) is 25.1 Å². The Kier molecular flexibility index (Phi) is 2.95. The summed E-state index contributed by atoms with van der Waals surface area (Å²) in [5.41, 5.74) is 3.03. The first kappa shape index (κ1) is 10.7.